The lowest BCUT2D eigenvalue weighted by molar-refractivity contribution is -0.182. The standard InChI is InChI=1S/C12H18F3NO3/c13-12(14,15)8-4-6-9(7-5-8)16-10(17)2-1-3-11(18)19/h8-9H,1-7H2,(H,16,17)(H,18,19). The van der Waals surface area contributed by atoms with E-state index in [0.717, 1.165) is 0 Å². The van der Waals surface area contributed by atoms with Gasteiger partial charge in [-0.15, -0.1) is 0 Å². The summed E-state index contributed by atoms with van der Waals surface area (Å²) >= 11 is 0. The van der Waals surface area contributed by atoms with E-state index >= 15 is 0 Å². The van der Waals surface area contributed by atoms with Gasteiger partial charge in [0, 0.05) is 18.9 Å². The Labute approximate surface area is 109 Å². The number of carboxylic acid groups (broad SMARTS) is 1. The molecular weight excluding hydrogens is 263 g/mol. The maximum Gasteiger partial charge on any atom is 0.391 e. The van der Waals surface area contributed by atoms with Crippen molar-refractivity contribution in [2.45, 2.75) is 57.2 Å². The molecule has 0 saturated heterocycles. The summed E-state index contributed by atoms with van der Waals surface area (Å²) in [6.45, 7) is 0. The van der Waals surface area contributed by atoms with Crippen molar-refractivity contribution in [1.29, 1.82) is 0 Å². The summed E-state index contributed by atoms with van der Waals surface area (Å²) in [6.07, 6.45) is -3.12. The molecule has 110 valence electrons. The van der Waals surface area contributed by atoms with Gasteiger partial charge in [0.1, 0.15) is 0 Å². The average molecular weight is 281 g/mol. The number of nitrogens with one attached hydrogen (secondary N) is 1. The molecule has 4 nitrogen and oxygen atoms in total. The number of rotatable bonds is 5. The molecule has 0 spiro atoms. The molecule has 0 aromatic carbocycles. The normalized spacial score (nSPS) is 23.9. The van der Waals surface area contributed by atoms with Crippen molar-refractivity contribution < 1.29 is 27.9 Å². The molecule has 1 fully saturated rings. The van der Waals surface area contributed by atoms with Gasteiger partial charge < -0.3 is 10.4 Å². The predicted octanol–water partition coefficient (Wildman–Crippen LogP) is 2.48. The third-order valence-electron chi connectivity index (χ3n) is 3.35. The predicted molar refractivity (Wildman–Crippen MR) is 61.4 cm³/mol. The van der Waals surface area contributed by atoms with E-state index < -0.39 is 18.1 Å². The number of alkyl halides is 3. The van der Waals surface area contributed by atoms with Crippen LogP contribution in [-0.4, -0.2) is 29.2 Å². The van der Waals surface area contributed by atoms with E-state index in [1.54, 1.807) is 0 Å². The first-order valence-electron chi connectivity index (χ1n) is 6.37. The van der Waals surface area contributed by atoms with Crippen LogP contribution in [0.15, 0.2) is 0 Å². The van der Waals surface area contributed by atoms with Gasteiger partial charge in [-0.25, -0.2) is 0 Å². The summed E-state index contributed by atoms with van der Waals surface area (Å²) < 4.78 is 37.3. The van der Waals surface area contributed by atoms with Crippen LogP contribution in [0.5, 0.6) is 0 Å². The van der Waals surface area contributed by atoms with E-state index in [9.17, 15) is 22.8 Å². The number of halogens is 3. The fourth-order valence-corrected chi connectivity index (χ4v) is 2.27. The van der Waals surface area contributed by atoms with E-state index in [4.69, 9.17) is 5.11 Å². The van der Waals surface area contributed by atoms with E-state index in [0.29, 0.717) is 12.8 Å². The first-order chi connectivity index (χ1) is 8.79. The van der Waals surface area contributed by atoms with Crippen molar-refractivity contribution in [1.82, 2.24) is 5.32 Å². The summed E-state index contributed by atoms with van der Waals surface area (Å²) in [5.41, 5.74) is 0. The molecule has 0 heterocycles. The molecule has 1 rings (SSSR count). The molecule has 2 N–H and O–H groups in total. The SMILES string of the molecule is O=C(O)CCCC(=O)NC1CCC(C(F)(F)F)CC1. The highest BCUT2D eigenvalue weighted by Gasteiger charge is 2.41. The van der Waals surface area contributed by atoms with E-state index in [1.807, 2.05) is 0 Å². The first-order valence-corrected chi connectivity index (χ1v) is 6.37. The van der Waals surface area contributed by atoms with Gasteiger partial charge in [0.05, 0.1) is 5.92 Å². The molecule has 0 aliphatic heterocycles. The molecule has 7 heteroatoms. The van der Waals surface area contributed by atoms with Crippen LogP contribution in [-0.2, 0) is 9.59 Å². The molecule has 0 radical (unpaired) electrons. The molecule has 0 unspecified atom stereocenters. The number of hydrogen-bond donors (Lipinski definition) is 2. The van der Waals surface area contributed by atoms with Gasteiger partial charge in [-0.2, -0.15) is 13.2 Å². The Bertz CT molecular complexity index is 323. The molecule has 1 aliphatic carbocycles. The molecule has 1 amide bonds. The largest absolute Gasteiger partial charge is 0.481 e. The third kappa shape index (κ3) is 5.94. The molecule has 0 atom stereocenters. The van der Waals surface area contributed by atoms with Crippen molar-refractivity contribution >= 4 is 11.9 Å². The minimum absolute atomic E-state index is 0.0452. The number of hydrogen-bond acceptors (Lipinski definition) is 2. The second-order valence-electron chi connectivity index (χ2n) is 4.90. The van der Waals surface area contributed by atoms with Crippen LogP contribution >= 0.6 is 0 Å². The molecular formula is C12H18F3NO3. The van der Waals surface area contributed by atoms with Crippen molar-refractivity contribution in [3.8, 4) is 0 Å². The van der Waals surface area contributed by atoms with Crippen molar-refractivity contribution in [2.75, 3.05) is 0 Å². The smallest absolute Gasteiger partial charge is 0.391 e. The maximum absolute atomic E-state index is 12.4. The van der Waals surface area contributed by atoms with Gasteiger partial charge in [0.15, 0.2) is 0 Å². The highest BCUT2D eigenvalue weighted by Crippen LogP contribution is 2.37. The summed E-state index contributed by atoms with van der Waals surface area (Å²) in [7, 11) is 0. The number of aliphatic carboxylic acids is 1. The van der Waals surface area contributed by atoms with Crippen LogP contribution in [0.25, 0.3) is 0 Å². The number of carbonyl (C=O) groups is 2. The van der Waals surface area contributed by atoms with Crippen LogP contribution in [0.4, 0.5) is 13.2 Å². The van der Waals surface area contributed by atoms with Crippen molar-refractivity contribution in [3.05, 3.63) is 0 Å². The quantitative estimate of drug-likeness (QED) is 0.813. The van der Waals surface area contributed by atoms with Crippen LogP contribution in [0, 0.1) is 5.92 Å². The summed E-state index contributed by atoms with van der Waals surface area (Å²) in [5, 5.41) is 11.1. The van der Waals surface area contributed by atoms with Crippen LogP contribution < -0.4 is 5.32 Å². The second kappa shape index (κ2) is 6.77. The molecule has 1 saturated carbocycles. The first kappa shape index (κ1) is 15.8. The Balaban J connectivity index is 2.22. The van der Waals surface area contributed by atoms with Crippen molar-refractivity contribution in [3.63, 3.8) is 0 Å². The summed E-state index contributed by atoms with van der Waals surface area (Å²) in [6, 6.07) is -0.212. The third-order valence-corrected chi connectivity index (χ3v) is 3.35. The lowest BCUT2D eigenvalue weighted by Crippen LogP contribution is -2.39. The fraction of sp³-hybridized carbons (Fsp3) is 0.833. The van der Waals surface area contributed by atoms with Crippen LogP contribution in [0.3, 0.4) is 0 Å². The van der Waals surface area contributed by atoms with Gasteiger partial charge in [0.25, 0.3) is 0 Å². The topological polar surface area (TPSA) is 66.4 Å². The lowest BCUT2D eigenvalue weighted by atomic mass is 9.85. The number of carbonyl (C=O) groups excluding carboxylic acids is 1. The fourth-order valence-electron chi connectivity index (χ4n) is 2.27. The summed E-state index contributed by atoms with van der Waals surface area (Å²) in [4.78, 5) is 21.7. The Hall–Kier alpha value is -1.27. The van der Waals surface area contributed by atoms with Crippen molar-refractivity contribution in [2.24, 2.45) is 5.92 Å². The zero-order chi connectivity index (χ0) is 14.5. The number of amides is 1. The Kier molecular flexibility index (Phi) is 5.62. The second-order valence-corrected chi connectivity index (χ2v) is 4.90. The van der Waals surface area contributed by atoms with Gasteiger partial charge >= 0.3 is 12.1 Å². The Morgan fingerprint density at radius 2 is 1.68 bits per heavy atom. The number of carboxylic acids is 1. The van der Waals surface area contributed by atoms with E-state index in [2.05, 4.69) is 5.32 Å². The summed E-state index contributed by atoms with van der Waals surface area (Å²) in [5.74, 6) is -2.50. The lowest BCUT2D eigenvalue weighted by Gasteiger charge is -2.30. The molecule has 0 aromatic heterocycles. The minimum Gasteiger partial charge on any atom is -0.481 e. The van der Waals surface area contributed by atoms with Gasteiger partial charge in [-0.05, 0) is 32.1 Å². The average Bonchev–Trinajstić information content (AvgIpc) is 2.27. The zero-order valence-corrected chi connectivity index (χ0v) is 10.5. The molecule has 1 aliphatic rings. The highest BCUT2D eigenvalue weighted by atomic mass is 19.4. The molecule has 0 aromatic rings. The van der Waals surface area contributed by atoms with E-state index in [-0.39, 0.29) is 44.1 Å². The zero-order valence-electron chi connectivity index (χ0n) is 10.5. The Morgan fingerprint density at radius 1 is 1.11 bits per heavy atom. The van der Waals surface area contributed by atoms with Gasteiger partial charge in [-0.1, -0.05) is 0 Å². The Morgan fingerprint density at radius 3 is 2.16 bits per heavy atom. The van der Waals surface area contributed by atoms with Gasteiger partial charge in [-0.3, -0.25) is 9.59 Å². The minimum atomic E-state index is -4.14. The van der Waals surface area contributed by atoms with Crippen LogP contribution in [0.2, 0.25) is 0 Å². The monoisotopic (exact) mass is 281 g/mol. The van der Waals surface area contributed by atoms with Gasteiger partial charge in [0.2, 0.25) is 5.91 Å². The van der Waals surface area contributed by atoms with E-state index in [1.165, 1.54) is 0 Å². The molecule has 0 bridgehead atoms. The van der Waals surface area contributed by atoms with Crippen LogP contribution in [0.1, 0.15) is 44.9 Å². The molecule has 19 heavy (non-hydrogen) atoms. The highest BCUT2D eigenvalue weighted by molar-refractivity contribution is 5.77. The maximum atomic E-state index is 12.4.